The number of methoxy groups -OCH3 is 1. The van der Waals surface area contributed by atoms with Gasteiger partial charge in [-0.05, 0) is 6.42 Å². The molecular weight excluding hydrogens is 230 g/mol. The standard InChI is InChI=1S/C13H27N3O2/c1-4-6-8-15-13(14-7-5-2)16-9-10-18-12-11-17-3/h5H,2,4,6-12H2,1,3H3,(H2,14,15,16). The largest absolute Gasteiger partial charge is 0.382 e. The Morgan fingerprint density at radius 3 is 2.78 bits per heavy atom. The molecule has 0 rings (SSSR count). The molecule has 0 aromatic rings. The fraction of sp³-hybridized carbons (Fsp3) is 0.769. The number of guanidine groups is 1. The summed E-state index contributed by atoms with van der Waals surface area (Å²) in [5, 5.41) is 6.39. The van der Waals surface area contributed by atoms with Crippen LogP contribution in [0.1, 0.15) is 19.8 Å². The van der Waals surface area contributed by atoms with Crippen molar-refractivity contribution in [3.05, 3.63) is 12.7 Å². The van der Waals surface area contributed by atoms with Crippen LogP contribution in [0.5, 0.6) is 0 Å². The van der Waals surface area contributed by atoms with Gasteiger partial charge in [0.2, 0.25) is 0 Å². The first-order valence-corrected chi connectivity index (χ1v) is 6.54. The normalized spacial score (nSPS) is 11.3. The molecule has 0 heterocycles. The fourth-order valence-corrected chi connectivity index (χ4v) is 1.18. The van der Waals surface area contributed by atoms with Crippen LogP contribution in [0, 0.1) is 0 Å². The van der Waals surface area contributed by atoms with Crippen molar-refractivity contribution in [3.8, 4) is 0 Å². The summed E-state index contributed by atoms with van der Waals surface area (Å²) >= 11 is 0. The molecule has 5 nitrogen and oxygen atoms in total. The van der Waals surface area contributed by atoms with Crippen molar-refractivity contribution in [1.82, 2.24) is 10.6 Å². The second kappa shape index (κ2) is 14.0. The Hall–Kier alpha value is -1.07. The van der Waals surface area contributed by atoms with E-state index >= 15 is 0 Å². The first kappa shape index (κ1) is 16.9. The SMILES string of the molecule is C=CCNC(=NCCCC)NCCOCCOC. The van der Waals surface area contributed by atoms with E-state index in [9.17, 15) is 0 Å². The van der Waals surface area contributed by atoms with E-state index in [-0.39, 0.29) is 0 Å². The van der Waals surface area contributed by atoms with Gasteiger partial charge in [0.1, 0.15) is 0 Å². The molecule has 18 heavy (non-hydrogen) atoms. The van der Waals surface area contributed by atoms with Gasteiger partial charge in [0.15, 0.2) is 5.96 Å². The third-order valence-electron chi connectivity index (χ3n) is 2.17. The van der Waals surface area contributed by atoms with Crippen molar-refractivity contribution in [2.75, 3.05) is 46.6 Å². The van der Waals surface area contributed by atoms with Crippen LogP contribution < -0.4 is 10.6 Å². The summed E-state index contributed by atoms with van der Waals surface area (Å²) in [7, 11) is 1.67. The van der Waals surface area contributed by atoms with Crippen LogP contribution in [0.2, 0.25) is 0 Å². The maximum atomic E-state index is 5.36. The van der Waals surface area contributed by atoms with Gasteiger partial charge in [-0.1, -0.05) is 19.4 Å². The Balaban J connectivity index is 3.71. The number of unbranched alkanes of at least 4 members (excludes halogenated alkanes) is 1. The van der Waals surface area contributed by atoms with Crippen LogP contribution in [0.3, 0.4) is 0 Å². The zero-order chi connectivity index (χ0) is 13.5. The molecule has 0 aliphatic rings. The molecule has 0 amide bonds. The number of nitrogens with zero attached hydrogens (tertiary/aromatic N) is 1. The van der Waals surface area contributed by atoms with E-state index in [2.05, 4.69) is 29.1 Å². The second-order valence-electron chi connectivity index (χ2n) is 3.79. The molecule has 0 aromatic carbocycles. The van der Waals surface area contributed by atoms with Gasteiger partial charge in [0.25, 0.3) is 0 Å². The summed E-state index contributed by atoms with van der Waals surface area (Å²) in [6, 6.07) is 0. The van der Waals surface area contributed by atoms with Gasteiger partial charge < -0.3 is 20.1 Å². The molecule has 0 aliphatic heterocycles. The lowest BCUT2D eigenvalue weighted by Gasteiger charge is -2.11. The van der Waals surface area contributed by atoms with Crippen molar-refractivity contribution in [3.63, 3.8) is 0 Å². The minimum absolute atomic E-state index is 0.626. The van der Waals surface area contributed by atoms with Crippen LogP contribution in [-0.2, 0) is 9.47 Å². The summed E-state index contributed by atoms with van der Waals surface area (Å²) in [5.41, 5.74) is 0. The van der Waals surface area contributed by atoms with E-state index in [0.717, 1.165) is 31.9 Å². The summed E-state index contributed by atoms with van der Waals surface area (Å²) in [5.74, 6) is 0.818. The monoisotopic (exact) mass is 257 g/mol. The Bertz CT molecular complexity index is 220. The molecule has 0 aliphatic carbocycles. The molecule has 0 atom stereocenters. The maximum absolute atomic E-state index is 5.36. The van der Waals surface area contributed by atoms with E-state index in [1.807, 2.05) is 6.08 Å². The molecule has 5 heteroatoms. The third kappa shape index (κ3) is 11.4. The lowest BCUT2D eigenvalue weighted by Crippen LogP contribution is -2.39. The molecule has 0 saturated heterocycles. The predicted molar refractivity (Wildman–Crippen MR) is 76.1 cm³/mol. The highest BCUT2D eigenvalue weighted by molar-refractivity contribution is 5.79. The molecule has 0 unspecified atom stereocenters. The third-order valence-corrected chi connectivity index (χ3v) is 2.17. The van der Waals surface area contributed by atoms with Crippen molar-refractivity contribution in [2.45, 2.75) is 19.8 Å². The van der Waals surface area contributed by atoms with Crippen molar-refractivity contribution in [2.24, 2.45) is 4.99 Å². The number of hydrogen-bond acceptors (Lipinski definition) is 3. The molecule has 2 N–H and O–H groups in total. The number of nitrogens with one attached hydrogen (secondary N) is 2. The maximum Gasteiger partial charge on any atom is 0.191 e. The Morgan fingerprint density at radius 1 is 1.28 bits per heavy atom. The Morgan fingerprint density at radius 2 is 2.11 bits per heavy atom. The zero-order valence-electron chi connectivity index (χ0n) is 11.7. The van der Waals surface area contributed by atoms with Gasteiger partial charge in [0.05, 0.1) is 19.8 Å². The molecule has 0 radical (unpaired) electrons. The number of ether oxygens (including phenoxy) is 2. The summed E-state index contributed by atoms with van der Waals surface area (Å²) in [4.78, 5) is 4.45. The second-order valence-corrected chi connectivity index (χ2v) is 3.79. The summed E-state index contributed by atoms with van der Waals surface area (Å²) in [6.45, 7) is 10.0. The summed E-state index contributed by atoms with van der Waals surface area (Å²) in [6.07, 6.45) is 4.07. The average Bonchev–Trinajstić information content (AvgIpc) is 2.39. The molecule has 0 fully saturated rings. The van der Waals surface area contributed by atoms with Gasteiger partial charge in [0, 0.05) is 26.7 Å². The van der Waals surface area contributed by atoms with Crippen LogP contribution in [0.4, 0.5) is 0 Å². The molecule has 106 valence electrons. The first-order valence-electron chi connectivity index (χ1n) is 6.54. The van der Waals surface area contributed by atoms with Crippen molar-refractivity contribution < 1.29 is 9.47 Å². The highest BCUT2D eigenvalue weighted by atomic mass is 16.5. The number of rotatable bonds is 11. The Labute approximate surface area is 111 Å². The van der Waals surface area contributed by atoms with Gasteiger partial charge in [-0.25, -0.2) is 0 Å². The number of aliphatic imine (C=N–C) groups is 1. The fourth-order valence-electron chi connectivity index (χ4n) is 1.18. The zero-order valence-corrected chi connectivity index (χ0v) is 11.7. The quantitative estimate of drug-likeness (QED) is 0.252. The first-order chi connectivity index (χ1) is 8.85. The van der Waals surface area contributed by atoms with Gasteiger partial charge in [-0.15, -0.1) is 6.58 Å². The average molecular weight is 257 g/mol. The minimum atomic E-state index is 0.626. The molecular formula is C13H27N3O2. The van der Waals surface area contributed by atoms with Crippen LogP contribution in [0.15, 0.2) is 17.6 Å². The lowest BCUT2D eigenvalue weighted by atomic mass is 10.3. The topological polar surface area (TPSA) is 54.9 Å². The highest BCUT2D eigenvalue weighted by Gasteiger charge is 1.96. The highest BCUT2D eigenvalue weighted by Crippen LogP contribution is 1.86. The van der Waals surface area contributed by atoms with E-state index in [0.29, 0.717) is 26.4 Å². The summed E-state index contributed by atoms with van der Waals surface area (Å²) < 4.78 is 10.3. The molecule has 0 spiro atoms. The van der Waals surface area contributed by atoms with Crippen molar-refractivity contribution in [1.29, 1.82) is 0 Å². The smallest absolute Gasteiger partial charge is 0.191 e. The molecule has 0 bridgehead atoms. The molecule has 0 saturated carbocycles. The van der Waals surface area contributed by atoms with Crippen LogP contribution in [-0.4, -0.2) is 52.5 Å². The molecule has 0 aromatic heterocycles. The van der Waals surface area contributed by atoms with E-state index in [1.165, 1.54) is 0 Å². The van der Waals surface area contributed by atoms with E-state index < -0.39 is 0 Å². The number of hydrogen-bond donors (Lipinski definition) is 2. The van der Waals surface area contributed by atoms with Gasteiger partial charge in [-0.3, -0.25) is 4.99 Å². The Kier molecular flexibility index (Phi) is 13.2. The van der Waals surface area contributed by atoms with Crippen LogP contribution in [0.25, 0.3) is 0 Å². The van der Waals surface area contributed by atoms with Gasteiger partial charge >= 0.3 is 0 Å². The van der Waals surface area contributed by atoms with Crippen LogP contribution >= 0.6 is 0 Å². The minimum Gasteiger partial charge on any atom is -0.382 e. The predicted octanol–water partition coefficient (Wildman–Crippen LogP) is 1.17. The van der Waals surface area contributed by atoms with Gasteiger partial charge in [-0.2, -0.15) is 0 Å². The van der Waals surface area contributed by atoms with Crippen molar-refractivity contribution >= 4 is 5.96 Å². The van der Waals surface area contributed by atoms with E-state index in [4.69, 9.17) is 9.47 Å². The van der Waals surface area contributed by atoms with E-state index in [1.54, 1.807) is 7.11 Å². The lowest BCUT2D eigenvalue weighted by molar-refractivity contribution is 0.0733.